The molecule has 0 bridgehead atoms. The second-order valence-electron chi connectivity index (χ2n) is 2.79. The zero-order chi connectivity index (χ0) is 9.10. The zero-order valence-corrected chi connectivity index (χ0v) is 7.75. The molecule has 0 aliphatic heterocycles. The molecule has 2 rings (SSSR count). The van der Waals surface area contributed by atoms with E-state index in [9.17, 15) is 0 Å². The number of furan rings is 2. The van der Waals surface area contributed by atoms with Crippen molar-refractivity contribution >= 4 is 11.6 Å². The molecule has 0 saturated heterocycles. The van der Waals surface area contributed by atoms with Crippen molar-refractivity contribution in [1.82, 2.24) is 0 Å². The fraction of sp³-hybridized carbons (Fsp3) is 0.200. The highest BCUT2D eigenvalue weighted by Crippen LogP contribution is 2.15. The molecule has 13 heavy (non-hydrogen) atoms. The molecule has 0 radical (unpaired) electrons. The average Bonchev–Trinajstić information content (AvgIpc) is 2.71. The number of rotatable bonds is 3. The molecule has 0 fully saturated rings. The van der Waals surface area contributed by atoms with Crippen molar-refractivity contribution in [2.45, 2.75) is 12.8 Å². The number of hydrogen-bond acceptors (Lipinski definition) is 2. The molecule has 0 aromatic carbocycles. The SMILES string of the molecule is Clc1ccc(CCc2ccco2)o1. The van der Waals surface area contributed by atoms with Gasteiger partial charge in [-0.15, -0.1) is 0 Å². The Hall–Kier alpha value is -1.15. The molecular weight excluding hydrogens is 188 g/mol. The lowest BCUT2D eigenvalue weighted by Crippen LogP contribution is -1.86. The van der Waals surface area contributed by atoms with Gasteiger partial charge in [-0.25, -0.2) is 0 Å². The van der Waals surface area contributed by atoms with Crippen LogP contribution in [0.1, 0.15) is 11.5 Å². The summed E-state index contributed by atoms with van der Waals surface area (Å²) >= 11 is 5.63. The third-order valence-corrected chi connectivity index (χ3v) is 2.03. The molecule has 0 atom stereocenters. The van der Waals surface area contributed by atoms with E-state index in [1.807, 2.05) is 18.2 Å². The molecule has 2 nitrogen and oxygen atoms in total. The van der Waals surface area contributed by atoms with Crippen molar-refractivity contribution < 1.29 is 8.83 Å². The van der Waals surface area contributed by atoms with Gasteiger partial charge >= 0.3 is 0 Å². The predicted molar refractivity (Wildman–Crippen MR) is 49.8 cm³/mol. The van der Waals surface area contributed by atoms with E-state index in [4.69, 9.17) is 20.4 Å². The lowest BCUT2D eigenvalue weighted by atomic mass is 10.2. The van der Waals surface area contributed by atoms with E-state index >= 15 is 0 Å². The van der Waals surface area contributed by atoms with Crippen LogP contribution in [0.3, 0.4) is 0 Å². The Morgan fingerprint density at radius 2 is 1.92 bits per heavy atom. The molecule has 68 valence electrons. The summed E-state index contributed by atoms with van der Waals surface area (Å²) in [6.45, 7) is 0. The lowest BCUT2D eigenvalue weighted by molar-refractivity contribution is 0.476. The van der Waals surface area contributed by atoms with Crippen molar-refractivity contribution in [2.75, 3.05) is 0 Å². The second-order valence-corrected chi connectivity index (χ2v) is 3.16. The summed E-state index contributed by atoms with van der Waals surface area (Å²) in [7, 11) is 0. The van der Waals surface area contributed by atoms with Gasteiger partial charge in [0.05, 0.1) is 6.26 Å². The van der Waals surface area contributed by atoms with Crippen molar-refractivity contribution in [2.24, 2.45) is 0 Å². The van der Waals surface area contributed by atoms with Crippen LogP contribution in [0, 0.1) is 0 Å². The Morgan fingerprint density at radius 1 is 1.08 bits per heavy atom. The predicted octanol–water partition coefficient (Wildman–Crippen LogP) is 3.31. The van der Waals surface area contributed by atoms with Gasteiger partial charge in [0.15, 0.2) is 5.22 Å². The van der Waals surface area contributed by atoms with E-state index < -0.39 is 0 Å². The maximum absolute atomic E-state index is 5.63. The fourth-order valence-electron chi connectivity index (χ4n) is 1.19. The van der Waals surface area contributed by atoms with Crippen molar-refractivity contribution in [1.29, 1.82) is 0 Å². The van der Waals surface area contributed by atoms with Crippen molar-refractivity contribution in [3.63, 3.8) is 0 Å². The van der Waals surface area contributed by atoms with Crippen LogP contribution in [0.4, 0.5) is 0 Å². The molecular formula is C10H9ClO2. The van der Waals surface area contributed by atoms with Gasteiger partial charge in [-0.3, -0.25) is 0 Å². The highest BCUT2D eigenvalue weighted by molar-refractivity contribution is 6.28. The number of aryl methyl sites for hydroxylation is 2. The summed E-state index contributed by atoms with van der Waals surface area (Å²) in [6, 6.07) is 7.46. The summed E-state index contributed by atoms with van der Waals surface area (Å²) in [6.07, 6.45) is 3.33. The van der Waals surface area contributed by atoms with E-state index in [0.29, 0.717) is 5.22 Å². The van der Waals surface area contributed by atoms with E-state index in [0.717, 1.165) is 24.4 Å². The molecule has 0 N–H and O–H groups in total. The van der Waals surface area contributed by atoms with E-state index in [1.54, 1.807) is 12.3 Å². The van der Waals surface area contributed by atoms with Crippen LogP contribution in [0.5, 0.6) is 0 Å². The van der Waals surface area contributed by atoms with Gasteiger partial charge in [0, 0.05) is 12.8 Å². The minimum atomic E-state index is 0.439. The van der Waals surface area contributed by atoms with Gasteiger partial charge in [-0.05, 0) is 35.9 Å². The average molecular weight is 197 g/mol. The molecule has 0 spiro atoms. The molecule has 0 amide bonds. The summed E-state index contributed by atoms with van der Waals surface area (Å²) in [5, 5.41) is 0.439. The molecule has 2 heterocycles. The molecule has 0 unspecified atom stereocenters. The first-order valence-corrected chi connectivity index (χ1v) is 4.49. The summed E-state index contributed by atoms with van der Waals surface area (Å²) in [5.41, 5.74) is 0. The first-order chi connectivity index (χ1) is 6.34. The minimum Gasteiger partial charge on any atom is -0.469 e. The maximum atomic E-state index is 5.63. The Morgan fingerprint density at radius 3 is 2.54 bits per heavy atom. The molecule has 0 aliphatic carbocycles. The van der Waals surface area contributed by atoms with Crippen LogP contribution in [0.2, 0.25) is 5.22 Å². The smallest absolute Gasteiger partial charge is 0.193 e. The Labute approximate surface area is 81.1 Å². The molecule has 3 heteroatoms. The summed E-state index contributed by atoms with van der Waals surface area (Å²) in [5.74, 6) is 1.86. The van der Waals surface area contributed by atoms with Crippen LogP contribution >= 0.6 is 11.6 Å². The third-order valence-electron chi connectivity index (χ3n) is 1.83. The van der Waals surface area contributed by atoms with Gasteiger partial charge in [-0.2, -0.15) is 0 Å². The van der Waals surface area contributed by atoms with Crippen LogP contribution in [0.15, 0.2) is 39.4 Å². The van der Waals surface area contributed by atoms with Gasteiger partial charge in [0.25, 0.3) is 0 Å². The zero-order valence-electron chi connectivity index (χ0n) is 7.00. The highest BCUT2D eigenvalue weighted by atomic mass is 35.5. The van der Waals surface area contributed by atoms with E-state index in [2.05, 4.69) is 0 Å². The van der Waals surface area contributed by atoms with Crippen LogP contribution in [0.25, 0.3) is 0 Å². The molecule has 0 saturated carbocycles. The first kappa shape index (κ1) is 8.45. The molecule has 2 aromatic rings. The highest BCUT2D eigenvalue weighted by Gasteiger charge is 2.01. The van der Waals surface area contributed by atoms with Gasteiger partial charge in [0.2, 0.25) is 0 Å². The van der Waals surface area contributed by atoms with Gasteiger partial charge < -0.3 is 8.83 Å². The first-order valence-electron chi connectivity index (χ1n) is 4.11. The summed E-state index contributed by atoms with van der Waals surface area (Å²) < 4.78 is 10.4. The normalized spacial score (nSPS) is 10.5. The largest absolute Gasteiger partial charge is 0.469 e. The van der Waals surface area contributed by atoms with Crippen molar-refractivity contribution in [3.8, 4) is 0 Å². The van der Waals surface area contributed by atoms with Crippen LogP contribution in [-0.4, -0.2) is 0 Å². The lowest BCUT2D eigenvalue weighted by Gasteiger charge is -1.93. The van der Waals surface area contributed by atoms with Gasteiger partial charge in [0.1, 0.15) is 11.5 Å². The Balaban J connectivity index is 1.93. The van der Waals surface area contributed by atoms with E-state index in [1.165, 1.54) is 0 Å². The Bertz CT molecular complexity index is 362. The second kappa shape index (κ2) is 3.71. The monoisotopic (exact) mass is 196 g/mol. The molecule has 0 aliphatic rings. The van der Waals surface area contributed by atoms with E-state index in [-0.39, 0.29) is 0 Å². The number of halogens is 1. The summed E-state index contributed by atoms with van der Waals surface area (Å²) in [4.78, 5) is 0. The third kappa shape index (κ3) is 2.16. The maximum Gasteiger partial charge on any atom is 0.193 e. The quantitative estimate of drug-likeness (QED) is 0.753. The molecule has 2 aromatic heterocycles. The topological polar surface area (TPSA) is 26.3 Å². The number of hydrogen-bond donors (Lipinski definition) is 0. The van der Waals surface area contributed by atoms with Crippen LogP contribution < -0.4 is 0 Å². The minimum absolute atomic E-state index is 0.439. The van der Waals surface area contributed by atoms with Gasteiger partial charge in [-0.1, -0.05) is 0 Å². The van der Waals surface area contributed by atoms with Crippen molar-refractivity contribution in [3.05, 3.63) is 47.3 Å². The Kier molecular flexibility index (Phi) is 2.41. The fourth-order valence-corrected chi connectivity index (χ4v) is 1.35. The standard InChI is InChI=1S/C10H9ClO2/c11-10-6-5-9(13-10)4-3-8-2-1-7-12-8/h1-2,5-7H,3-4H2. The van der Waals surface area contributed by atoms with Crippen LogP contribution in [-0.2, 0) is 12.8 Å².